The van der Waals surface area contributed by atoms with Crippen LogP contribution in [0.25, 0.3) is 0 Å². The Balaban J connectivity index is 1.64. The van der Waals surface area contributed by atoms with E-state index in [2.05, 4.69) is 30.8 Å². The third kappa shape index (κ3) is 4.70. The average Bonchev–Trinajstić information content (AvgIpc) is 3.27. The maximum atomic E-state index is 13.1. The summed E-state index contributed by atoms with van der Waals surface area (Å²) in [5.74, 6) is -2.82. The highest BCUT2D eigenvalue weighted by molar-refractivity contribution is 5.94. The Hall–Kier alpha value is -4.35. The largest absolute Gasteiger partial charge is 0.501 e. The summed E-state index contributed by atoms with van der Waals surface area (Å²) in [6.45, 7) is 1.56. The molecule has 0 aliphatic heterocycles. The Labute approximate surface area is 192 Å². The average molecular weight is 468 g/mol. The lowest BCUT2D eigenvalue weighted by atomic mass is 9.84. The van der Waals surface area contributed by atoms with Gasteiger partial charge in [0, 0.05) is 13.5 Å². The fourth-order valence-corrected chi connectivity index (χ4v) is 3.60. The Kier molecular flexibility index (Phi) is 6.21. The number of hydrogen-bond donors (Lipinski definition) is 4. The van der Waals surface area contributed by atoms with Crippen molar-refractivity contribution in [1.82, 2.24) is 30.8 Å². The molecule has 1 atom stereocenters. The van der Waals surface area contributed by atoms with Gasteiger partial charge in [-0.3, -0.25) is 14.4 Å². The highest BCUT2D eigenvalue weighted by atomic mass is 19.1. The van der Waals surface area contributed by atoms with Crippen molar-refractivity contribution in [3.05, 3.63) is 81.5 Å². The standard InChI is InChI=1S/C22H21FN6O5/c1-12-28-29-20(34-12)19(33)27-22(9-3-2-4-10-22)21-25-15(16(30)18(32)26-21)17(31)24-11-13-5-7-14(23)8-6-13/h2-3,5-8,30H,4,9-11H2,1H3,(H,24,31)(H,27,33)(H,25,26,32). The minimum atomic E-state index is -1.19. The number of nitrogens with zero attached hydrogens (tertiary/aromatic N) is 3. The molecule has 2 amide bonds. The Morgan fingerprint density at radius 2 is 1.97 bits per heavy atom. The first kappa shape index (κ1) is 22.8. The van der Waals surface area contributed by atoms with E-state index in [0.29, 0.717) is 18.4 Å². The van der Waals surface area contributed by atoms with Gasteiger partial charge in [0.05, 0.1) is 0 Å². The van der Waals surface area contributed by atoms with Crippen molar-refractivity contribution >= 4 is 11.8 Å². The van der Waals surface area contributed by atoms with Gasteiger partial charge in [0.1, 0.15) is 17.2 Å². The van der Waals surface area contributed by atoms with E-state index in [1.165, 1.54) is 24.3 Å². The quantitative estimate of drug-likeness (QED) is 0.396. The van der Waals surface area contributed by atoms with Crippen LogP contribution in [0.3, 0.4) is 0 Å². The van der Waals surface area contributed by atoms with Crippen LogP contribution >= 0.6 is 0 Å². The lowest BCUT2D eigenvalue weighted by molar-refractivity contribution is 0.0845. The van der Waals surface area contributed by atoms with Crippen LogP contribution in [0.5, 0.6) is 5.75 Å². The summed E-state index contributed by atoms with van der Waals surface area (Å²) in [5, 5.41) is 22.9. The molecule has 34 heavy (non-hydrogen) atoms. The van der Waals surface area contributed by atoms with Gasteiger partial charge in [0.2, 0.25) is 11.6 Å². The molecule has 0 saturated carbocycles. The molecule has 0 bridgehead atoms. The summed E-state index contributed by atoms with van der Waals surface area (Å²) in [4.78, 5) is 44.7. The number of allylic oxidation sites excluding steroid dienone is 1. The van der Waals surface area contributed by atoms with Crippen LogP contribution in [0.2, 0.25) is 0 Å². The number of aromatic amines is 1. The Morgan fingerprint density at radius 3 is 2.62 bits per heavy atom. The SMILES string of the molecule is Cc1nnc(C(=O)NC2(c3nc(C(=O)NCc4ccc(F)cc4)c(O)c(=O)[nH]3)CC=CCC2)o1. The molecule has 1 aliphatic carbocycles. The van der Waals surface area contributed by atoms with Crippen molar-refractivity contribution in [3.63, 3.8) is 0 Å². The third-order valence-corrected chi connectivity index (χ3v) is 5.37. The van der Waals surface area contributed by atoms with Crippen LogP contribution in [0.4, 0.5) is 4.39 Å². The lowest BCUT2D eigenvalue weighted by Gasteiger charge is -2.34. The van der Waals surface area contributed by atoms with E-state index >= 15 is 0 Å². The molecular formula is C22H21FN6O5. The van der Waals surface area contributed by atoms with Crippen molar-refractivity contribution in [1.29, 1.82) is 0 Å². The summed E-state index contributed by atoms with van der Waals surface area (Å²) in [7, 11) is 0. The molecule has 3 aromatic rings. The van der Waals surface area contributed by atoms with Crippen molar-refractivity contribution in [2.24, 2.45) is 0 Å². The van der Waals surface area contributed by atoms with Crippen molar-refractivity contribution in [2.75, 3.05) is 0 Å². The molecule has 0 spiro atoms. The molecule has 1 aromatic carbocycles. The monoisotopic (exact) mass is 468 g/mol. The van der Waals surface area contributed by atoms with Gasteiger partial charge in [-0.2, -0.15) is 0 Å². The number of hydrogen-bond acceptors (Lipinski definition) is 8. The van der Waals surface area contributed by atoms with Gasteiger partial charge >= 0.3 is 11.8 Å². The summed E-state index contributed by atoms with van der Waals surface area (Å²) >= 11 is 0. The smallest absolute Gasteiger partial charge is 0.309 e. The van der Waals surface area contributed by atoms with Gasteiger partial charge < -0.3 is 25.1 Å². The fourth-order valence-electron chi connectivity index (χ4n) is 3.60. The van der Waals surface area contributed by atoms with Crippen LogP contribution < -0.4 is 16.2 Å². The van der Waals surface area contributed by atoms with E-state index in [-0.39, 0.29) is 30.6 Å². The number of nitrogens with one attached hydrogen (secondary N) is 3. The number of carbonyl (C=O) groups is 2. The van der Waals surface area contributed by atoms with Gasteiger partial charge in [-0.1, -0.05) is 24.3 Å². The van der Waals surface area contributed by atoms with Gasteiger partial charge in [-0.05, 0) is 37.0 Å². The first-order chi connectivity index (χ1) is 16.3. The molecule has 0 radical (unpaired) electrons. The van der Waals surface area contributed by atoms with Gasteiger partial charge in [0.15, 0.2) is 5.69 Å². The molecule has 0 fully saturated rings. The first-order valence-electron chi connectivity index (χ1n) is 10.4. The molecule has 2 heterocycles. The maximum absolute atomic E-state index is 13.1. The molecular weight excluding hydrogens is 447 g/mol. The molecule has 176 valence electrons. The summed E-state index contributed by atoms with van der Waals surface area (Å²) in [5.41, 5.74) is -2.02. The van der Waals surface area contributed by atoms with E-state index < -0.39 is 40.2 Å². The predicted octanol–water partition coefficient (Wildman–Crippen LogP) is 1.60. The Bertz CT molecular complexity index is 1320. The zero-order chi connectivity index (χ0) is 24.3. The number of carbonyl (C=O) groups excluding carboxylic acids is 2. The normalized spacial score (nSPS) is 17.4. The van der Waals surface area contributed by atoms with E-state index in [1.54, 1.807) is 6.92 Å². The van der Waals surface area contributed by atoms with Crippen LogP contribution in [0.15, 0.2) is 45.6 Å². The minimum Gasteiger partial charge on any atom is -0.501 e. The summed E-state index contributed by atoms with van der Waals surface area (Å²) in [6.07, 6.45) is 4.89. The van der Waals surface area contributed by atoms with Crippen LogP contribution in [-0.4, -0.2) is 37.1 Å². The summed E-state index contributed by atoms with van der Waals surface area (Å²) in [6, 6.07) is 5.47. The minimum absolute atomic E-state index is 0.00355. The number of aromatic hydroxyl groups is 1. The molecule has 2 aromatic heterocycles. The predicted molar refractivity (Wildman–Crippen MR) is 115 cm³/mol. The van der Waals surface area contributed by atoms with E-state index in [0.717, 1.165) is 0 Å². The van der Waals surface area contributed by atoms with E-state index in [1.807, 2.05) is 12.2 Å². The van der Waals surface area contributed by atoms with E-state index in [9.17, 15) is 23.9 Å². The van der Waals surface area contributed by atoms with Crippen molar-refractivity contribution in [3.8, 4) is 5.75 Å². The maximum Gasteiger partial charge on any atom is 0.309 e. The Morgan fingerprint density at radius 1 is 1.21 bits per heavy atom. The van der Waals surface area contributed by atoms with Crippen molar-refractivity contribution in [2.45, 2.75) is 38.3 Å². The number of H-pyrrole nitrogens is 1. The van der Waals surface area contributed by atoms with Crippen LogP contribution in [0, 0.1) is 12.7 Å². The van der Waals surface area contributed by atoms with E-state index in [4.69, 9.17) is 4.42 Å². The fraction of sp³-hybridized carbons (Fsp3) is 0.273. The highest BCUT2D eigenvalue weighted by Gasteiger charge is 2.39. The zero-order valence-corrected chi connectivity index (χ0v) is 18.1. The second-order valence-electron chi connectivity index (χ2n) is 7.80. The number of amides is 2. The van der Waals surface area contributed by atoms with Gasteiger partial charge in [-0.25, -0.2) is 9.37 Å². The lowest BCUT2D eigenvalue weighted by Crippen LogP contribution is -2.49. The number of aromatic nitrogens is 4. The number of aryl methyl sites for hydroxylation is 1. The number of halogens is 1. The highest BCUT2D eigenvalue weighted by Crippen LogP contribution is 2.32. The van der Waals surface area contributed by atoms with Crippen LogP contribution in [0.1, 0.15) is 57.7 Å². The summed E-state index contributed by atoms with van der Waals surface area (Å²) < 4.78 is 18.3. The van der Waals surface area contributed by atoms with Crippen LogP contribution in [-0.2, 0) is 12.1 Å². The second kappa shape index (κ2) is 9.25. The van der Waals surface area contributed by atoms with Crippen molar-refractivity contribution < 1.29 is 23.5 Å². The second-order valence-corrected chi connectivity index (χ2v) is 7.80. The topological polar surface area (TPSA) is 163 Å². The number of benzene rings is 1. The molecule has 0 saturated heterocycles. The van der Waals surface area contributed by atoms with Gasteiger partial charge in [-0.15, -0.1) is 10.2 Å². The molecule has 1 unspecified atom stereocenters. The molecule has 4 N–H and O–H groups in total. The van der Waals surface area contributed by atoms with Gasteiger partial charge in [0.25, 0.3) is 11.5 Å². The molecule has 11 nitrogen and oxygen atoms in total. The molecule has 1 aliphatic rings. The third-order valence-electron chi connectivity index (χ3n) is 5.37. The number of rotatable bonds is 6. The molecule has 12 heteroatoms. The zero-order valence-electron chi connectivity index (χ0n) is 18.1. The first-order valence-corrected chi connectivity index (χ1v) is 10.4. The molecule has 4 rings (SSSR count).